The van der Waals surface area contributed by atoms with Crippen molar-refractivity contribution in [3.05, 3.63) is 51.1 Å². The van der Waals surface area contributed by atoms with Gasteiger partial charge in [0.15, 0.2) is 0 Å². The highest BCUT2D eigenvalue weighted by Gasteiger charge is 2.02. The largest absolute Gasteiger partial charge is 0.311 e. The summed E-state index contributed by atoms with van der Waals surface area (Å²) in [4.78, 5) is 2.19. The summed E-state index contributed by atoms with van der Waals surface area (Å²) in [5.41, 5.74) is 0. The van der Waals surface area contributed by atoms with E-state index < -0.39 is 10.8 Å². The molecule has 0 amide bonds. The first-order valence-corrected chi connectivity index (χ1v) is 8.62. The van der Waals surface area contributed by atoms with E-state index in [2.05, 4.69) is 32.7 Å². The first kappa shape index (κ1) is 13.9. The molecular formula is C13H14BrNOS2. The molecule has 1 heterocycles. The minimum atomic E-state index is -0.904. The van der Waals surface area contributed by atoms with Crippen molar-refractivity contribution in [3.63, 3.8) is 0 Å². The molecule has 0 unspecified atom stereocenters. The lowest BCUT2D eigenvalue weighted by Gasteiger charge is -2.03. The van der Waals surface area contributed by atoms with Crippen LogP contribution in [0.4, 0.5) is 0 Å². The molecule has 2 aromatic rings. The van der Waals surface area contributed by atoms with Crippen LogP contribution >= 0.6 is 27.3 Å². The molecule has 5 heteroatoms. The molecule has 1 N–H and O–H groups in total. The lowest BCUT2D eigenvalue weighted by Crippen LogP contribution is -2.19. The summed E-state index contributed by atoms with van der Waals surface area (Å²) in [5, 5.41) is 5.38. The third-order valence-corrected chi connectivity index (χ3v) is 5.46. The first-order valence-electron chi connectivity index (χ1n) is 5.63. The molecule has 2 nitrogen and oxygen atoms in total. The average Bonchev–Trinajstić information content (AvgIpc) is 2.81. The first-order chi connectivity index (χ1) is 8.75. The van der Waals surface area contributed by atoms with Crippen LogP contribution in [0.2, 0.25) is 0 Å². The molecule has 1 aromatic carbocycles. The second kappa shape index (κ2) is 7.19. The van der Waals surface area contributed by atoms with Gasteiger partial charge in [-0.1, -0.05) is 18.2 Å². The Morgan fingerprint density at radius 3 is 2.72 bits per heavy atom. The highest BCUT2D eigenvalue weighted by molar-refractivity contribution is 9.10. The molecule has 0 spiro atoms. The molecule has 0 bridgehead atoms. The van der Waals surface area contributed by atoms with E-state index in [1.807, 2.05) is 30.3 Å². The molecule has 1 aromatic heterocycles. The average molecular weight is 344 g/mol. The fraction of sp³-hybridized carbons (Fsp3) is 0.231. The van der Waals surface area contributed by atoms with Crippen LogP contribution in [0.5, 0.6) is 0 Å². The van der Waals surface area contributed by atoms with Crippen molar-refractivity contribution in [1.29, 1.82) is 0 Å². The van der Waals surface area contributed by atoms with Crippen molar-refractivity contribution in [2.75, 3.05) is 12.3 Å². The number of hydrogen-bond acceptors (Lipinski definition) is 3. The van der Waals surface area contributed by atoms with Gasteiger partial charge in [-0.3, -0.25) is 4.21 Å². The molecule has 18 heavy (non-hydrogen) atoms. The van der Waals surface area contributed by atoms with E-state index in [4.69, 9.17) is 0 Å². The van der Waals surface area contributed by atoms with Crippen LogP contribution in [0.25, 0.3) is 0 Å². The molecule has 0 radical (unpaired) electrons. The predicted octanol–water partition coefficient (Wildman–Crippen LogP) is 3.41. The lowest BCUT2D eigenvalue weighted by atomic mass is 10.4. The molecule has 2 rings (SSSR count). The number of nitrogens with one attached hydrogen (secondary N) is 1. The summed E-state index contributed by atoms with van der Waals surface area (Å²) in [7, 11) is -0.904. The topological polar surface area (TPSA) is 29.1 Å². The summed E-state index contributed by atoms with van der Waals surface area (Å²) in [5.74, 6) is 0.649. The van der Waals surface area contributed by atoms with Crippen molar-refractivity contribution in [2.45, 2.75) is 11.4 Å². The highest BCUT2D eigenvalue weighted by Crippen LogP contribution is 2.19. The van der Waals surface area contributed by atoms with E-state index in [1.165, 1.54) is 4.88 Å². The van der Waals surface area contributed by atoms with E-state index in [0.717, 1.165) is 22.5 Å². The zero-order valence-corrected chi connectivity index (χ0v) is 13.0. The van der Waals surface area contributed by atoms with Crippen LogP contribution in [0.1, 0.15) is 4.88 Å². The maximum Gasteiger partial charge on any atom is 0.0542 e. The smallest absolute Gasteiger partial charge is 0.0542 e. The molecule has 1 atom stereocenters. The predicted molar refractivity (Wildman–Crippen MR) is 81.4 cm³/mol. The quantitative estimate of drug-likeness (QED) is 0.814. The molecule has 0 aliphatic carbocycles. The normalized spacial score (nSPS) is 12.5. The minimum Gasteiger partial charge on any atom is -0.311 e. The van der Waals surface area contributed by atoms with Gasteiger partial charge in [0.2, 0.25) is 0 Å². The summed E-state index contributed by atoms with van der Waals surface area (Å²) in [6.07, 6.45) is 0. The SMILES string of the molecule is O=[S@@](CCNCc1cc(Br)cs1)c1ccccc1. The van der Waals surface area contributed by atoms with Crippen LogP contribution in [0.3, 0.4) is 0 Å². The third-order valence-electron chi connectivity index (χ3n) is 2.39. The van der Waals surface area contributed by atoms with Crippen LogP contribution in [-0.4, -0.2) is 16.5 Å². The van der Waals surface area contributed by atoms with Crippen LogP contribution < -0.4 is 5.32 Å². The van der Waals surface area contributed by atoms with E-state index in [1.54, 1.807) is 11.3 Å². The zero-order chi connectivity index (χ0) is 12.8. The van der Waals surface area contributed by atoms with Gasteiger partial charge < -0.3 is 5.32 Å². The van der Waals surface area contributed by atoms with Gasteiger partial charge in [-0.25, -0.2) is 0 Å². The second-order valence-corrected chi connectivity index (χ2v) is 7.25. The summed E-state index contributed by atoms with van der Waals surface area (Å²) in [6.45, 7) is 1.60. The van der Waals surface area contributed by atoms with Gasteiger partial charge in [0, 0.05) is 38.5 Å². The molecule has 0 fully saturated rings. The molecule has 0 aliphatic heterocycles. The van der Waals surface area contributed by atoms with Gasteiger partial charge in [-0.15, -0.1) is 11.3 Å². The molecule has 96 valence electrons. The number of rotatable bonds is 6. The third kappa shape index (κ3) is 4.31. The van der Waals surface area contributed by atoms with E-state index >= 15 is 0 Å². The summed E-state index contributed by atoms with van der Waals surface area (Å²) >= 11 is 5.15. The Balaban J connectivity index is 1.71. The molecule has 0 saturated heterocycles. The summed E-state index contributed by atoms with van der Waals surface area (Å²) < 4.78 is 13.0. The van der Waals surface area contributed by atoms with Gasteiger partial charge in [0.05, 0.1) is 10.8 Å². The minimum absolute atomic E-state index is 0.649. The number of benzene rings is 1. The molecule has 0 aliphatic rings. The summed E-state index contributed by atoms with van der Waals surface area (Å²) in [6, 6.07) is 11.7. The van der Waals surface area contributed by atoms with Crippen molar-refractivity contribution in [3.8, 4) is 0 Å². The lowest BCUT2D eigenvalue weighted by molar-refractivity contribution is 0.674. The molecular weight excluding hydrogens is 330 g/mol. The monoisotopic (exact) mass is 343 g/mol. The van der Waals surface area contributed by atoms with Crippen molar-refractivity contribution < 1.29 is 4.21 Å². The van der Waals surface area contributed by atoms with Crippen LogP contribution in [0.15, 0.2) is 51.1 Å². The zero-order valence-electron chi connectivity index (χ0n) is 9.77. The van der Waals surface area contributed by atoms with Gasteiger partial charge >= 0.3 is 0 Å². The second-order valence-electron chi connectivity index (χ2n) is 3.77. The molecule has 0 saturated carbocycles. The highest BCUT2D eigenvalue weighted by atomic mass is 79.9. The number of hydrogen-bond donors (Lipinski definition) is 1. The fourth-order valence-corrected chi connectivity index (χ4v) is 3.96. The standard InChI is InChI=1S/C13H14BrNOS2/c14-11-8-12(17-10-11)9-15-6-7-18(16)13-4-2-1-3-5-13/h1-5,8,10,15H,6-7,9H2/t18-/m0/s1. The Kier molecular flexibility index (Phi) is 5.56. The number of thiophene rings is 1. The van der Waals surface area contributed by atoms with E-state index in [-0.39, 0.29) is 0 Å². The van der Waals surface area contributed by atoms with Crippen LogP contribution in [0, 0.1) is 0 Å². The van der Waals surface area contributed by atoms with Gasteiger partial charge in [0.25, 0.3) is 0 Å². The van der Waals surface area contributed by atoms with E-state index in [9.17, 15) is 4.21 Å². The maximum absolute atomic E-state index is 11.9. The fourth-order valence-electron chi connectivity index (χ4n) is 1.51. The number of halogens is 1. The Hall–Kier alpha value is -0.490. The van der Waals surface area contributed by atoms with Gasteiger partial charge in [-0.2, -0.15) is 0 Å². The van der Waals surface area contributed by atoms with Crippen LogP contribution in [-0.2, 0) is 17.3 Å². The van der Waals surface area contributed by atoms with Crippen molar-refractivity contribution >= 4 is 38.1 Å². The Morgan fingerprint density at radius 1 is 1.28 bits per heavy atom. The Morgan fingerprint density at radius 2 is 2.06 bits per heavy atom. The Labute approximate surface area is 122 Å². The maximum atomic E-state index is 11.9. The van der Waals surface area contributed by atoms with Gasteiger partial charge in [0.1, 0.15) is 0 Å². The van der Waals surface area contributed by atoms with Crippen molar-refractivity contribution in [2.24, 2.45) is 0 Å². The van der Waals surface area contributed by atoms with E-state index in [0.29, 0.717) is 5.75 Å². The van der Waals surface area contributed by atoms with Gasteiger partial charge in [-0.05, 0) is 34.1 Å². The van der Waals surface area contributed by atoms with Crippen molar-refractivity contribution in [1.82, 2.24) is 5.32 Å². The Bertz CT molecular complexity index is 513.